The Hall–Kier alpha value is -2.62. The second kappa shape index (κ2) is 10.2. The number of carbonyl (C=O) groups is 1. The van der Waals surface area contributed by atoms with E-state index in [2.05, 4.69) is 42.1 Å². The van der Waals surface area contributed by atoms with Crippen LogP contribution in [0, 0.1) is 5.82 Å². The molecule has 4 heteroatoms. The minimum absolute atomic E-state index is 0.0455. The van der Waals surface area contributed by atoms with E-state index in [9.17, 15) is 9.18 Å². The monoisotopic (exact) mass is 394 g/mol. The summed E-state index contributed by atoms with van der Waals surface area (Å²) in [6.07, 6.45) is 7.04. The van der Waals surface area contributed by atoms with Crippen molar-refractivity contribution in [3.63, 3.8) is 0 Å². The summed E-state index contributed by atoms with van der Waals surface area (Å²) in [4.78, 5) is 12.7. The number of nitrogens with zero attached hydrogens (tertiary/aromatic N) is 1. The van der Waals surface area contributed by atoms with Crippen LogP contribution in [-0.2, 0) is 11.3 Å². The Labute approximate surface area is 172 Å². The van der Waals surface area contributed by atoms with Gasteiger partial charge in [-0.15, -0.1) is 0 Å². The van der Waals surface area contributed by atoms with E-state index in [1.165, 1.54) is 25.0 Å². The molecule has 0 bridgehead atoms. The molecule has 0 saturated carbocycles. The average Bonchev–Trinajstić information content (AvgIpc) is 3.11. The van der Waals surface area contributed by atoms with Crippen molar-refractivity contribution >= 4 is 16.8 Å². The van der Waals surface area contributed by atoms with Gasteiger partial charge >= 0.3 is 0 Å². The number of benzene rings is 2. The third-order valence-electron chi connectivity index (χ3n) is 5.55. The molecule has 0 saturated heterocycles. The van der Waals surface area contributed by atoms with Crippen LogP contribution in [0.3, 0.4) is 0 Å². The molecule has 1 N–H and O–H groups in total. The van der Waals surface area contributed by atoms with Crippen molar-refractivity contribution in [2.24, 2.45) is 0 Å². The van der Waals surface area contributed by atoms with Crippen LogP contribution in [0.1, 0.15) is 63.0 Å². The number of aromatic nitrogens is 1. The molecule has 1 amide bonds. The van der Waals surface area contributed by atoms with Crippen LogP contribution in [0.15, 0.2) is 54.7 Å². The maximum Gasteiger partial charge on any atom is 0.220 e. The van der Waals surface area contributed by atoms with Gasteiger partial charge in [-0.05, 0) is 42.7 Å². The third-order valence-corrected chi connectivity index (χ3v) is 5.55. The lowest BCUT2D eigenvalue weighted by atomic mass is 9.88. The van der Waals surface area contributed by atoms with Gasteiger partial charge in [0.1, 0.15) is 5.82 Å². The number of halogens is 1. The molecule has 1 unspecified atom stereocenters. The number of para-hydroxylation sites is 1. The highest BCUT2D eigenvalue weighted by molar-refractivity contribution is 5.86. The zero-order chi connectivity index (χ0) is 20.6. The van der Waals surface area contributed by atoms with Crippen molar-refractivity contribution in [3.05, 3.63) is 71.7 Å². The van der Waals surface area contributed by atoms with Crippen molar-refractivity contribution in [3.8, 4) is 0 Å². The Bertz CT molecular complexity index is 930. The maximum atomic E-state index is 13.5. The fourth-order valence-electron chi connectivity index (χ4n) is 3.95. The molecule has 2 aromatic carbocycles. The Morgan fingerprint density at radius 3 is 2.52 bits per heavy atom. The van der Waals surface area contributed by atoms with Gasteiger partial charge in [-0.25, -0.2) is 4.39 Å². The minimum atomic E-state index is -0.260. The van der Waals surface area contributed by atoms with Crippen molar-refractivity contribution in [1.29, 1.82) is 0 Å². The van der Waals surface area contributed by atoms with E-state index in [4.69, 9.17) is 0 Å². The van der Waals surface area contributed by atoms with Gasteiger partial charge in [-0.1, -0.05) is 56.5 Å². The number of aryl methyl sites for hydroxylation is 1. The number of unbranched alkanes of at least 4 members (excludes halogenated alkanes) is 3. The Morgan fingerprint density at radius 1 is 1.03 bits per heavy atom. The zero-order valence-electron chi connectivity index (χ0n) is 17.5. The second-order valence-electron chi connectivity index (χ2n) is 7.61. The molecule has 0 radical (unpaired) electrons. The molecule has 1 aromatic heterocycles. The van der Waals surface area contributed by atoms with Gasteiger partial charge in [0.05, 0.1) is 0 Å². The summed E-state index contributed by atoms with van der Waals surface area (Å²) in [5.74, 6) is -0.322. The SMILES string of the molecule is CCCCCCNC(=O)CC(c1ccc(F)cc1)c1cn(CC)c2ccccc12. The van der Waals surface area contributed by atoms with Gasteiger partial charge < -0.3 is 9.88 Å². The third kappa shape index (κ3) is 5.26. The molecule has 3 rings (SSSR count). The topological polar surface area (TPSA) is 34.0 Å². The van der Waals surface area contributed by atoms with Crippen LogP contribution < -0.4 is 5.32 Å². The molecule has 3 aromatic rings. The highest BCUT2D eigenvalue weighted by Crippen LogP contribution is 2.34. The Balaban J connectivity index is 1.87. The number of hydrogen-bond donors (Lipinski definition) is 1. The highest BCUT2D eigenvalue weighted by atomic mass is 19.1. The predicted molar refractivity (Wildman–Crippen MR) is 118 cm³/mol. The summed E-state index contributed by atoms with van der Waals surface area (Å²) in [6.45, 7) is 5.87. The number of amides is 1. The van der Waals surface area contributed by atoms with E-state index in [1.807, 2.05) is 12.1 Å². The smallest absolute Gasteiger partial charge is 0.220 e. The maximum absolute atomic E-state index is 13.5. The fraction of sp³-hybridized carbons (Fsp3) is 0.400. The van der Waals surface area contributed by atoms with Gasteiger partial charge in [0, 0.05) is 42.5 Å². The first kappa shape index (κ1) is 21.1. The van der Waals surface area contributed by atoms with E-state index >= 15 is 0 Å². The van der Waals surface area contributed by atoms with Gasteiger partial charge in [0.2, 0.25) is 5.91 Å². The Morgan fingerprint density at radius 2 is 1.79 bits per heavy atom. The molecular weight excluding hydrogens is 363 g/mol. The molecular formula is C25H31FN2O. The largest absolute Gasteiger partial charge is 0.356 e. The quantitative estimate of drug-likeness (QED) is 0.419. The first-order valence-corrected chi connectivity index (χ1v) is 10.7. The van der Waals surface area contributed by atoms with Gasteiger partial charge in [0.25, 0.3) is 0 Å². The zero-order valence-corrected chi connectivity index (χ0v) is 17.5. The van der Waals surface area contributed by atoms with Crippen molar-refractivity contribution in [1.82, 2.24) is 9.88 Å². The average molecular weight is 395 g/mol. The lowest BCUT2D eigenvalue weighted by Crippen LogP contribution is -2.26. The van der Waals surface area contributed by atoms with E-state index in [1.54, 1.807) is 12.1 Å². The van der Waals surface area contributed by atoms with Gasteiger partial charge in [0.15, 0.2) is 0 Å². The summed E-state index contributed by atoms with van der Waals surface area (Å²) in [5, 5.41) is 4.22. The van der Waals surface area contributed by atoms with Gasteiger partial charge in [-0.2, -0.15) is 0 Å². The van der Waals surface area contributed by atoms with Crippen LogP contribution >= 0.6 is 0 Å². The normalized spacial score (nSPS) is 12.2. The predicted octanol–water partition coefficient (Wildman–Crippen LogP) is 6.02. The number of fused-ring (bicyclic) bond motifs is 1. The van der Waals surface area contributed by atoms with Crippen LogP contribution in [0.5, 0.6) is 0 Å². The summed E-state index contributed by atoms with van der Waals surface area (Å²) < 4.78 is 15.7. The minimum Gasteiger partial charge on any atom is -0.356 e. The van der Waals surface area contributed by atoms with Crippen molar-refractivity contribution in [2.75, 3.05) is 6.54 Å². The lowest BCUT2D eigenvalue weighted by Gasteiger charge is -2.17. The van der Waals surface area contributed by atoms with Crippen LogP contribution in [0.4, 0.5) is 4.39 Å². The van der Waals surface area contributed by atoms with Crippen molar-refractivity contribution < 1.29 is 9.18 Å². The summed E-state index contributed by atoms with van der Waals surface area (Å²) in [6, 6.07) is 14.8. The van der Waals surface area contributed by atoms with E-state index in [0.717, 1.165) is 41.4 Å². The number of hydrogen-bond acceptors (Lipinski definition) is 1. The Kier molecular flexibility index (Phi) is 7.45. The highest BCUT2D eigenvalue weighted by Gasteiger charge is 2.22. The fourth-order valence-corrected chi connectivity index (χ4v) is 3.95. The van der Waals surface area contributed by atoms with Crippen molar-refractivity contribution in [2.45, 2.75) is 58.4 Å². The van der Waals surface area contributed by atoms with Crippen LogP contribution in [0.25, 0.3) is 10.9 Å². The molecule has 29 heavy (non-hydrogen) atoms. The first-order chi connectivity index (χ1) is 14.1. The molecule has 0 aliphatic heterocycles. The lowest BCUT2D eigenvalue weighted by molar-refractivity contribution is -0.121. The molecule has 0 fully saturated rings. The molecule has 0 aliphatic carbocycles. The second-order valence-corrected chi connectivity index (χ2v) is 7.61. The molecule has 1 atom stereocenters. The van der Waals surface area contributed by atoms with Crippen LogP contribution in [0.2, 0.25) is 0 Å². The van der Waals surface area contributed by atoms with Gasteiger partial charge in [-0.3, -0.25) is 4.79 Å². The standard InChI is InChI=1S/C25H31FN2O/c1-3-5-6-9-16-27-25(29)17-22(19-12-14-20(26)15-13-19)23-18-28(4-2)24-11-8-7-10-21(23)24/h7-8,10-15,18,22H,3-6,9,16-17H2,1-2H3,(H,27,29). The van der Waals surface area contributed by atoms with E-state index in [0.29, 0.717) is 13.0 Å². The molecule has 0 spiro atoms. The molecule has 3 nitrogen and oxygen atoms in total. The first-order valence-electron chi connectivity index (χ1n) is 10.7. The number of nitrogens with one attached hydrogen (secondary N) is 1. The summed E-state index contributed by atoms with van der Waals surface area (Å²) in [5.41, 5.74) is 3.25. The number of rotatable bonds is 10. The van der Waals surface area contributed by atoms with E-state index < -0.39 is 0 Å². The summed E-state index contributed by atoms with van der Waals surface area (Å²) >= 11 is 0. The molecule has 154 valence electrons. The molecule has 1 heterocycles. The summed E-state index contributed by atoms with van der Waals surface area (Å²) in [7, 11) is 0. The van der Waals surface area contributed by atoms with Crippen LogP contribution in [-0.4, -0.2) is 17.0 Å². The number of carbonyl (C=O) groups excluding carboxylic acids is 1. The molecule has 0 aliphatic rings. The van der Waals surface area contributed by atoms with E-state index in [-0.39, 0.29) is 17.6 Å².